The molecule has 0 bridgehead atoms. The van der Waals surface area contributed by atoms with Crippen LogP contribution in [-0.4, -0.2) is 37.1 Å². The van der Waals surface area contributed by atoms with Gasteiger partial charge in [0, 0.05) is 16.7 Å². The van der Waals surface area contributed by atoms with Crippen LogP contribution in [0.25, 0.3) is 0 Å². The minimum absolute atomic E-state index is 0.0395. The molecule has 0 aliphatic carbocycles. The summed E-state index contributed by atoms with van der Waals surface area (Å²) in [6.07, 6.45) is 0. The van der Waals surface area contributed by atoms with Gasteiger partial charge in [0.2, 0.25) is 5.91 Å². The van der Waals surface area contributed by atoms with Crippen molar-refractivity contribution in [3.05, 3.63) is 52.5 Å². The van der Waals surface area contributed by atoms with Gasteiger partial charge in [-0.1, -0.05) is 22.0 Å². The number of amides is 1. The number of fused-ring (bicyclic) bond motifs is 1. The van der Waals surface area contributed by atoms with E-state index in [1.54, 1.807) is 0 Å². The summed E-state index contributed by atoms with van der Waals surface area (Å²) in [6, 6.07) is 13.2. The third-order valence-electron chi connectivity index (χ3n) is 4.19. The fraction of sp³-hybridized carbons (Fsp3) is 0.316. The summed E-state index contributed by atoms with van der Waals surface area (Å²) in [5.74, 6) is 1.50. The first-order valence-corrected chi connectivity index (χ1v) is 8.97. The van der Waals surface area contributed by atoms with E-state index in [9.17, 15) is 4.79 Å². The zero-order valence-corrected chi connectivity index (χ0v) is 15.9. The molecule has 6 heteroatoms. The van der Waals surface area contributed by atoms with Gasteiger partial charge < -0.3 is 14.8 Å². The lowest BCUT2D eigenvalue weighted by Crippen LogP contribution is -2.39. The van der Waals surface area contributed by atoms with Crippen molar-refractivity contribution in [1.29, 1.82) is 0 Å². The Hall–Kier alpha value is -2.05. The van der Waals surface area contributed by atoms with E-state index in [0.717, 1.165) is 27.2 Å². The number of carbonyl (C=O) groups excluding carboxylic acids is 1. The third-order valence-corrected chi connectivity index (χ3v) is 4.72. The van der Waals surface area contributed by atoms with Crippen LogP contribution < -0.4 is 14.8 Å². The average molecular weight is 405 g/mol. The molecule has 1 atom stereocenters. The molecule has 1 heterocycles. The molecule has 132 valence electrons. The van der Waals surface area contributed by atoms with Crippen molar-refractivity contribution in [2.75, 3.05) is 25.6 Å². The van der Waals surface area contributed by atoms with E-state index < -0.39 is 0 Å². The summed E-state index contributed by atoms with van der Waals surface area (Å²) in [5.41, 5.74) is 1.86. The molecule has 0 unspecified atom stereocenters. The number of benzene rings is 2. The Bertz CT molecular complexity index is 749. The lowest BCUT2D eigenvalue weighted by atomic mass is 10.1. The standard InChI is InChI=1S/C19H21BrN2O3/c1-13(19(23)21-16-6-4-15(20)5-7-16)22(2)12-14-3-8-17-18(11-14)25-10-9-24-17/h3-8,11,13H,9-10,12H2,1-2H3,(H,21,23)/t13-/m1/s1. The molecule has 1 aliphatic heterocycles. The summed E-state index contributed by atoms with van der Waals surface area (Å²) >= 11 is 3.39. The summed E-state index contributed by atoms with van der Waals surface area (Å²) in [6.45, 7) is 3.69. The monoisotopic (exact) mass is 404 g/mol. The van der Waals surface area contributed by atoms with Crippen LogP contribution in [0.15, 0.2) is 46.9 Å². The number of halogens is 1. The molecule has 2 aromatic rings. The Kier molecular flexibility index (Phi) is 5.60. The molecule has 0 aromatic heterocycles. The Morgan fingerprint density at radius 2 is 1.84 bits per heavy atom. The molecule has 5 nitrogen and oxygen atoms in total. The Balaban J connectivity index is 1.60. The van der Waals surface area contributed by atoms with Gasteiger partial charge in [0.05, 0.1) is 6.04 Å². The van der Waals surface area contributed by atoms with E-state index in [1.165, 1.54) is 0 Å². The van der Waals surface area contributed by atoms with E-state index in [1.807, 2.05) is 61.3 Å². The molecule has 0 saturated heterocycles. The van der Waals surface area contributed by atoms with Gasteiger partial charge in [-0.15, -0.1) is 0 Å². The van der Waals surface area contributed by atoms with Crippen LogP contribution >= 0.6 is 15.9 Å². The molecule has 0 spiro atoms. The smallest absolute Gasteiger partial charge is 0.241 e. The van der Waals surface area contributed by atoms with Crippen molar-refractivity contribution >= 4 is 27.5 Å². The maximum atomic E-state index is 12.5. The van der Waals surface area contributed by atoms with Crippen molar-refractivity contribution in [2.24, 2.45) is 0 Å². The number of hydrogen-bond acceptors (Lipinski definition) is 4. The van der Waals surface area contributed by atoms with Gasteiger partial charge in [0.15, 0.2) is 11.5 Å². The van der Waals surface area contributed by atoms with Crippen molar-refractivity contribution in [2.45, 2.75) is 19.5 Å². The average Bonchev–Trinajstić information content (AvgIpc) is 2.62. The highest BCUT2D eigenvalue weighted by Crippen LogP contribution is 2.31. The molecule has 25 heavy (non-hydrogen) atoms. The molecule has 0 saturated carbocycles. The van der Waals surface area contributed by atoms with Crippen molar-refractivity contribution in [1.82, 2.24) is 4.90 Å². The van der Waals surface area contributed by atoms with Gasteiger partial charge in [-0.25, -0.2) is 0 Å². The summed E-state index contributed by atoms with van der Waals surface area (Å²) in [7, 11) is 1.93. The van der Waals surface area contributed by atoms with Crippen LogP contribution in [0.5, 0.6) is 11.5 Å². The maximum Gasteiger partial charge on any atom is 0.241 e. The second-order valence-corrected chi connectivity index (χ2v) is 6.98. The highest BCUT2D eigenvalue weighted by molar-refractivity contribution is 9.10. The number of carbonyl (C=O) groups is 1. The number of anilines is 1. The lowest BCUT2D eigenvalue weighted by molar-refractivity contribution is -0.120. The maximum absolute atomic E-state index is 12.5. The first-order chi connectivity index (χ1) is 12.0. The van der Waals surface area contributed by atoms with Gasteiger partial charge >= 0.3 is 0 Å². The molecule has 3 rings (SSSR count). The number of likely N-dealkylation sites (N-methyl/N-ethyl adjacent to an activating group) is 1. The Labute approximate surface area is 156 Å². The number of rotatable bonds is 5. The predicted octanol–water partition coefficient (Wildman–Crippen LogP) is 3.68. The van der Waals surface area contributed by atoms with Gasteiger partial charge in [-0.2, -0.15) is 0 Å². The highest BCUT2D eigenvalue weighted by atomic mass is 79.9. The lowest BCUT2D eigenvalue weighted by Gasteiger charge is -2.25. The minimum atomic E-state index is -0.267. The van der Waals surface area contributed by atoms with Gasteiger partial charge in [0.25, 0.3) is 0 Å². The largest absolute Gasteiger partial charge is 0.486 e. The first kappa shape index (κ1) is 17.8. The minimum Gasteiger partial charge on any atom is -0.486 e. The van der Waals surface area contributed by atoms with E-state index >= 15 is 0 Å². The van der Waals surface area contributed by atoms with Crippen LogP contribution in [0.4, 0.5) is 5.69 Å². The normalized spacial score (nSPS) is 14.2. The van der Waals surface area contributed by atoms with E-state index in [2.05, 4.69) is 21.2 Å². The van der Waals surface area contributed by atoms with Gasteiger partial charge in [-0.05, 0) is 55.9 Å². The van der Waals surface area contributed by atoms with E-state index in [0.29, 0.717) is 19.8 Å². The Morgan fingerprint density at radius 1 is 1.16 bits per heavy atom. The fourth-order valence-electron chi connectivity index (χ4n) is 2.59. The fourth-order valence-corrected chi connectivity index (χ4v) is 2.86. The summed E-state index contributed by atoms with van der Waals surface area (Å²) in [4.78, 5) is 14.5. The molecule has 1 aliphatic rings. The molecule has 1 N–H and O–H groups in total. The van der Waals surface area contributed by atoms with Crippen molar-refractivity contribution in [3.8, 4) is 11.5 Å². The molecule has 0 fully saturated rings. The molecular weight excluding hydrogens is 384 g/mol. The van der Waals surface area contributed by atoms with Crippen LogP contribution in [0.3, 0.4) is 0 Å². The van der Waals surface area contributed by atoms with Crippen LogP contribution in [0.1, 0.15) is 12.5 Å². The number of nitrogens with one attached hydrogen (secondary N) is 1. The van der Waals surface area contributed by atoms with Crippen LogP contribution in [-0.2, 0) is 11.3 Å². The van der Waals surface area contributed by atoms with Crippen molar-refractivity contribution < 1.29 is 14.3 Å². The number of ether oxygens (including phenoxy) is 2. The molecule has 0 radical (unpaired) electrons. The third kappa shape index (κ3) is 4.52. The molecular formula is C19H21BrN2O3. The summed E-state index contributed by atoms with van der Waals surface area (Å²) in [5, 5.41) is 2.94. The van der Waals surface area contributed by atoms with Crippen LogP contribution in [0, 0.1) is 0 Å². The molecule has 2 aromatic carbocycles. The second kappa shape index (κ2) is 7.89. The topological polar surface area (TPSA) is 50.8 Å². The highest BCUT2D eigenvalue weighted by Gasteiger charge is 2.19. The van der Waals surface area contributed by atoms with Gasteiger partial charge in [-0.3, -0.25) is 9.69 Å². The summed E-state index contributed by atoms with van der Waals surface area (Å²) < 4.78 is 12.1. The van der Waals surface area contributed by atoms with E-state index in [-0.39, 0.29) is 11.9 Å². The Morgan fingerprint density at radius 3 is 2.56 bits per heavy atom. The molecule has 1 amide bonds. The second-order valence-electron chi connectivity index (χ2n) is 6.07. The first-order valence-electron chi connectivity index (χ1n) is 8.18. The number of nitrogens with zero attached hydrogens (tertiary/aromatic N) is 1. The van der Waals surface area contributed by atoms with E-state index in [4.69, 9.17) is 9.47 Å². The quantitative estimate of drug-likeness (QED) is 0.825. The van der Waals surface area contributed by atoms with Gasteiger partial charge in [0.1, 0.15) is 13.2 Å². The zero-order valence-electron chi connectivity index (χ0n) is 14.3. The van der Waals surface area contributed by atoms with Crippen molar-refractivity contribution in [3.63, 3.8) is 0 Å². The zero-order chi connectivity index (χ0) is 17.8. The SMILES string of the molecule is C[C@H](C(=O)Nc1ccc(Br)cc1)N(C)Cc1ccc2c(c1)OCCO2. The van der Waals surface area contributed by atoms with Crippen LogP contribution in [0.2, 0.25) is 0 Å². The predicted molar refractivity (Wildman–Crippen MR) is 101 cm³/mol. The number of hydrogen-bond donors (Lipinski definition) is 1.